The molecule has 31 heavy (non-hydrogen) atoms. The smallest absolute Gasteiger partial charge is 0.258 e. The Kier molecular flexibility index (Phi) is 7.64. The molecule has 0 unspecified atom stereocenters. The highest BCUT2D eigenvalue weighted by atomic mass is 79.9. The van der Waals surface area contributed by atoms with Gasteiger partial charge in [-0.1, -0.05) is 31.9 Å². The quantitative estimate of drug-likeness (QED) is 0.531. The summed E-state index contributed by atoms with van der Waals surface area (Å²) in [4.78, 5) is 23.2. The van der Waals surface area contributed by atoms with E-state index in [1.807, 2.05) is 0 Å². The predicted octanol–water partition coefficient (Wildman–Crippen LogP) is 5.11. The molecule has 0 aromatic heterocycles. The summed E-state index contributed by atoms with van der Waals surface area (Å²) in [6.07, 6.45) is 3.69. The van der Waals surface area contributed by atoms with E-state index in [0.29, 0.717) is 4.47 Å². The van der Waals surface area contributed by atoms with Gasteiger partial charge in [0.05, 0.1) is 7.11 Å². The average molecular weight is 564 g/mol. The van der Waals surface area contributed by atoms with Gasteiger partial charge in [0, 0.05) is 21.0 Å². The first kappa shape index (κ1) is 23.6. The molecule has 0 saturated heterocycles. The van der Waals surface area contributed by atoms with Crippen molar-refractivity contribution in [2.75, 3.05) is 7.11 Å². The highest BCUT2D eigenvalue weighted by Gasteiger charge is 2.28. The van der Waals surface area contributed by atoms with Crippen LogP contribution in [0.1, 0.15) is 46.4 Å². The maximum atomic E-state index is 13.6. The third-order valence-electron chi connectivity index (χ3n) is 4.52. The highest BCUT2D eigenvalue weighted by molar-refractivity contribution is 9.10. The van der Waals surface area contributed by atoms with E-state index in [4.69, 9.17) is 4.74 Å². The van der Waals surface area contributed by atoms with Crippen molar-refractivity contribution in [3.05, 3.63) is 61.8 Å². The van der Waals surface area contributed by atoms with Crippen molar-refractivity contribution in [1.29, 1.82) is 0 Å². The van der Waals surface area contributed by atoms with Gasteiger partial charge in [-0.05, 0) is 49.9 Å². The maximum Gasteiger partial charge on any atom is 0.258 e. The highest BCUT2D eigenvalue weighted by Crippen LogP contribution is 2.28. The standard InChI is InChI=1S/C11H11BrFNO2.C10H8BrF2NO/c1-16-9-5-6(12)4-8(13)10(9)11(15)14-7-2-3-7;11-5-3-7(12)9(8(13)4-5)10(15)14-6-1-2-6/h4-5,7H,2-3H2,1H3,(H,14,15);3-4,6H,1-2H2,(H,14,15). The molecule has 0 radical (unpaired) electrons. The van der Waals surface area contributed by atoms with Crippen molar-refractivity contribution in [2.24, 2.45) is 0 Å². The van der Waals surface area contributed by atoms with Crippen molar-refractivity contribution in [2.45, 2.75) is 37.8 Å². The third kappa shape index (κ3) is 6.46. The molecule has 2 aliphatic rings. The van der Waals surface area contributed by atoms with Gasteiger partial charge in [0.25, 0.3) is 11.8 Å². The molecule has 2 amide bonds. The number of methoxy groups -OCH3 is 1. The van der Waals surface area contributed by atoms with Gasteiger partial charge in [-0.2, -0.15) is 0 Å². The lowest BCUT2D eigenvalue weighted by Gasteiger charge is -2.10. The van der Waals surface area contributed by atoms with Crippen LogP contribution in [0, 0.1) is 17.5 Å². The van der Waals surface area contributed by atoms with Crippen molar-refractivity contribution in [3.63, 3.8) is 0 Å². The molecule has 2 aromatic rings. The molecule has 0 heterocycles. The SMILES string of the molecule is COc1cc(Br)cc(F)c1C(=O)NC1CC1.O=C(NC1CC1)c1c(F)cc(Br)cc1F. The molecule has 2 N–H and O–H groups in total. The Balaban J connectivity index is 0.000000176. The number of ether oxygens (including phenoxy) is 1. The molecule has 4 rings (SSSR count). The Bertz CT molecular complexity index is 989. The van der Waals surface area contributed by atoms with E-state index >= 15 is 0 Å². The summed E-state index contributed by atoms with van der Waals surface area (Å²) in [6, 6.07) is 5.26. The van der Waals surface area contributed by atoms with Crippen LogP contribution in [0.3, 0.4) is 0 Å². The zero-order valence-electron chi connectivity index (χ0n) is 16.4. The minimum absolute atomic E-state index is 0.0300. The van der Waals surface area contributed by atoms with Gasteiger partial charge in [-0.3, -0.25) is 9.59 Å². The van der Waals surface area contributed by atoms with Crippen LogP contribution in [0.4, 0.5) is 13.2 Å². The summed E-state index contributed by atoms with van der Waals surface area (Å²) in [5, 5.41) is 5.27. The van der Waals surface area contributed by atoms with Crippen LogP contribution in [0.5, 0.6) is 5.75 Å². The number of nitrogens with one attached hydrogen (secondary N) is 2. The number of carbonyl (C=O) groups is 2. The molecule has 0 aliphatic heterocycles. The zero-order valence-corrected chi connectivity index (χ0v) is 19.6. The van der Waals surface area contributed by atoms with E-state index < -0.39 is 34.8 Å². The molecule has 2 aromatic carbocycles. The molecule has 2 aliphatic carbocycles. The lowest BCUT2D eigenvalue weighted by atomic mass is 10.1. The predicted molar refractivity (Wildman–Crippen MR) is 116 cm³/mol. The summed E-state index contributed by atoms with van der Waals surface area (Å²) in [7, 11) is 1.41. The van der Waals surface area contributed by atoms with Gasteiger partial charge in [0.1, 0.15) is 34.3 Å². The largest absolute Gasteiger partial charge is 0.496 e. The molecule has 0 atom stereocenters. The van der Waals surface area contributed by atoms with Crippen LogP contribution >= 0.6 is 31.9 Å². The second kappa shape index (κ2) is 10.0. The third-order valence-corrected chi connectivity index (χ3v) is 5.44. The van der Waals surface area contributed by atoms with Crippen molar-refractivity contribution < 1.29 is 27.5 Å². The van der Waals surface area contributed by atoms with Gasteiger partial charge in [-0.25, -0.2) is 13.2 Å². The lowest BCUT2D eigenvalue weighted by Crippen LogP contribution is -2.27. The van der Waals surface area contributed by atoms with E-state index in [-0.39, 0.29) is 27.9 Å². The Morgan fingerprint density at radius 2 is 1.19 bits per heavy atom. The van der Waals surface area contributed by atoms with Gasteiger partial charge in [0.2, 0.25) is 0 Å². The lowest BCUT2D eigenvalue weighted by molar-refractivity contribution is 0.0934. The maximum absolute atomic E-state index is 13.6. The molecule has 0 spiro atoms. The first-order valence-corrected chi connectivity index (χ1v) is 11.1. The summed E-state index contributed by atoms with van der Waals surface area (Å²) in [5.41, 5.74) is -0.539. The number of rotatable bonds is 5. The minimum atomic E-state index is -0.847. The second-order valence-electron chi connectivity index (χ2n) is 7.20. The fraction of sp³-hybridized carbons (Fsp3) is 0.333. The molecule has 0 bridgehead atoms. The van der Waals surface area contributed by atoms with Crippen LogP contribution in [0.25, 0.3) is 0 Å². The minimum Gasteiger partial charge on any atom is -0.496 e. The van der Waals surface area contributed by atoms with E-state index in [1.165, 1.54) is 13.2 Å². The summed E-state index contributed by atoms with van der Waals surface area (Å²) in [6.45, 7) is 0. The topological polar surface area (TPSA) is 67.4 Å². The van der Waals surface area contributed by atoms with Crippen molar-refractivity contribution >= 4 is 43.7 Å². The second-order valence-corrected chi connectivity index (χ2v) is 9.04. The van der Waals surface area contributed by atoms with Crippen molar-refractivity contribution in [1.82, 2.24) is 10.6 Å². The number of hydrogen-bond acceptors (Lipinski definition) is 3. The summed E-state index contributed by atoms with van der Waals surface area (Å²) < 4.78 is 46.1. The Hall–Kier alpha value is -2.07. The normalized spacial score (nSPS) is 14.9. The van der Waals surface area contributed by atoms with E-state index in [0.717, 1.165) is 37.8 Å². The Labute approximate surface area is 194 Å². The molecule has 2 fully saturated rings. The number of benzene rings is 2. The number of carbonyl (C=O) groups excluding carboxylic acids is 2. The van der Waals surface area contributed by atoms with Crippen LogP contribution in [-0.4, -0.2) is 31.0 Å². The van der Waals surface area contributed by atoms with Gasteiger partial charge < -0.3 is 15.4 Å². The molecule has 5 nitrogen and oxygen atoms in total. The number of amides is 2. The van der Waals surface area contributed by atoms with Crippen LogP contribution in [0.15, 0.2) is 33.2 Å². The van der Waals surface area contributed by atoms with E-state index in [2.05, 4.69) is 42.5 Å². The number of halogens is 5. The molecule has 166 valence electrons. The Morgan fingerprint density at radius 3 is 1.61 bits per heavy atom. The van der Waals surface area contributed by atoms with E-state index in [1.54, 1.807) is 6.07 Å². The van der Waals surface area contributed by atoms with Crippen molar-refractivity contribution in [3.8, 4) is 5.75 Å². The molecular weight excluding hydrogens is 545 g/mol. The van der Waals surface area contributed by atoms with Gasteiger partial charge in [-0.15, -0.1) is 0 Å². The molecular formula is C21H19Br2F3N2O3. The monoisotopic (exact) mass is 562 g/mol. The average Bonchev–Trinajstić information content (AvgIpc) is 3.57. The summed E-state index contributed by atoms with van der Waals surface area (Å²) in [5.74, 6) is -3.13. The zero-order chi connectivity index (χ0) is 22.7. The van der Waals surface area contributed by atoms with Crippen LogP contribution in [-0.2, 0) is 0 Å². The van der Waals surface area contributed by atoms with Gasteiger partial charge in [0.15, 0.2) is 0 Å². The van der Waals surface area contributed by atoms with E-state index in [9.17, 15) is 22.8 Å². The van der Waals surface area contributed by atoms with Crippen LogP contribution < -0.4 is 15.4 Å². The fourth-order valence-corrected chi connectivity index (χ4v) is 3.47. The summed E-state index contributed by atoms with van der Waals surface area (Å²) >= 11 is 6.10. The fourth-order valence-electron chi connectivity index (χ4n) is 2.66. The Morgan fingerprint density at radius 1 is 0.806 bits per heavy atom. The first-order valence-electron chi connectivity index (χ1n) is 9.49. The molecule has 2 saturated carbocycles. The van der Waals surface area contributed by atoms with Gasteiger partial charge >= 0.3 is 0 Å². The first-order chi connectivity index (χ1) is 14.7. The number of hydrogen-bond donors (Lipinski definition) is 2. The van der Waals surface area contributed by atoms with Crippen LogP contribution in [0.2, 0.25) is 0 Å². The molecule has 10 heteroatoms.